The van der Waals surface area contributed by atoms with Crippen LogP contribution in [0.3, 0.4) is 0 Å². The summed E-state index contributed by atoms with van der Waals surface area (Å²) in [5.41, 5.74) is 10.9. The first-order valence-electron chi connectivity index (χ1n) is 9.06. The molecule has 4 rings (SSSR count). The molecule has 0 unspecified atom stereocenters. The Balaban J connectivity index is 0.000000177. The maximum absolute atomic E-state index is 6.28. The lowest BCUT2D eigenvalue weighted by molar-refractivity contribution is 0.471. The number of hydrogen-bond donors (Lipinski definition) is 2. The van der Waals surface area contributed by atoms with Gasteiger partial charge in [0.1, 0.15) is 17.8 Å². The van der Waals surface area contributed by atoms with Gasteiger partial charge in [-0.25, -0.2) is 9.97 Å². The van der Waals surface area contributed by atoms with Crippen LogP contribution in [0.5, 0.6) is 0 Å². The fraction of sp³-hybridized carbons (Fsp3) is 0.238. The van der Waals surface area contributed by atoms with Gasteiger partial charge in [-0.3, -0.25) is 0 Å². The van der Waals surface area contributed by atoms with Crippen LogP contribution in [0.2, 0.25) is 5.02 Å². The molecule has 6 heteroatoms. The summed E-state index contributed by atoms with van der Waals surface area (Å²) in [4.78, 5) is 13.0. The quantitative estimate of drug-likeness (QED) is 0.643. The molecule has 3 aromatic rings. The Labute approximate surface area is 164 Å². The third-order valence-electron chi connectivity index (χ3n) is 4.52. The molecular formula is C21H24ClN5. The zero-order chi connectivity index (χ0) is 19.4. The molecule has 0 saturated carbocycles. The van der Waals surface area contributed by atoms with Gasteiger partial charge in [-0.05, 0) is 36.6 Å². The number of anilines is 1. The van der Waals surface area contributed by atoms with Gasteiger partial charge in [-0.15, -0.1) is 0 Å². The number of allylic oxidation sites excluding steroid dienone is 1. The molecule has 0 aliphatic carbocycles. The molecule has 0 spiro atoms. The fourth-order valence-electron chi connectivity index (χ4n) is 3.22. The molecule has 27 heavy (non-hydrogen) atoms. The first kappa shape index (κ1) is 19.0. The molecule has 1 aliphatic heterocycles. The predicted octanol–water partition coefficient (Wildman–Crippen LogP) is 5.33. The molecule has 0 bridgehead atoms. The highest BCUT2D eigenvalue weighted by Crippen LogP contribution is 2.37. The van der Waals surface area contributed by atoms with E-state index in [2.05, 4.69) is 52.4 Å². The zero-order valence-electron chi connectivity index (χ0n) is 15.7. The van der Waals surface area contributed by atoms with Gasteiger partial charge in [0.05, 0.1) is 10.4 Å². The molecule has 3 N–H and O–H groups in total. The van der Waals surface area contributed by atoms with E-state index in [1.165, 1.54) is 17.6 Å². The van der Waals surface area contributed by atoms with E-state index in [4.69, 9.17) is 17.3 Å². The second-order valence-electron chi connectivity index (χ2n) is 6.29. The summed E-state index contributed by atoms with van der Waals surface area (Å²) in [5.74, 6) is 0.520. The number of rotatable bonds is 3. The van der Waals surface area contributed by atoms with Crippen LogP contribution in [0.15, 0.2) is 49.1 Å². The Bertz CT molecular complexity index is 989. The topological polar surface area (TPSA) is 70.8 Å². The van der Waals surface area contributed by atoms with Crippen LogP contribution in [0.25, 0.3) is 22.8 Å². The van der Waals surface area contributed by atoms with Crippen LogP contribution >= 0.6 is 11.6 Å². The van der Waals surface area contributed by atoms with E-state index < -0.39 is 0 Å². The van der Waals surface area contributed by atoms with E-state index in [0.29, 0.717) is 5.82 Å². The van der Waals surface area contributed by atoms with Crippen molar-refractivity contribution in [3.05, 3.63) is 65.2 Å². The van der Waals surface area contributed by atoms with Gasteiger partial charge in [0.15, 0.2) is 0 Å². The number of fused-ring (bicyclic) bond motifs is 2. The van der Waals surface area contributed by atoms with Gasteiger partial charge in [0.2, 0.25) is 0 Å². The van der Waals surface area contributed by atoms with Crippen molar-refractivity contribution in [1.82, 2.24) is 19.9 Å². The summed E-state index contributed by atoms with van der Waals surface area (Å²) in [6, 6.07) is 7.88. The van der Waals surface area contributed by atoms with Crippen LogP contribution in [0.1, 0.15) is 37.8 Å². The number of hydrogen-bond acceptors (Lipinski definition) is 4. The summed E-state index contributed by atoms with van der Waals surface area (Å²) >= 11 is 6.28. The number of aromatic nitrogens is 3. The van der Waals surface area contributed by atoms with Crippen molar-refractivity contribution in [1.29, 1.82) is 0 Å². The first-order valence-corrected chi connectivity index (χ1v) is 9.44. The van der Waals surface area contributed by atoms with Gasteiger partial charge < -0.3 is 15.6 Å². The highest BCUT2D eigenvalue weighted by Gasteiger charge is 2.21. The minimum atomic E-state index is 0.520. The molecule has 0 amide bonds. The van der Waals surface area contributed by atoms with Gasteiger partial charge in [0.25, 0.3) is 0 Å². The van der Waals surface area contributed by atoms with Gasteiger partial charge >= 0.3 is 0 Å². The Morgan fingerprint density at radius 2 is 2.04 bits per heavy atom. The lowest BCUT2D eigenvalue weighted by Gasteiger charge is -2.33. The summed E-state index contributed by atoms with van der Waals surface area (Å²) < 4.78 is 0. The third-order valence-corrected chi connectivity index (χ3v) is 4.84. The maximum atomic E-state index is 6.28. The lowest BCUT2D eigenvalue weighted by Crippen LogP contribution is -2.24. The normalized spacial score (nSPS) is 13.1. The lowest BCUT2D eigenvalue weighted by atomic mass is 9.97. The third kappa shape index (κ3) is 3.83. The van der Waals surface area contributed by atoms with Crippen LogP contribution in [0, 0.1) is 0 Å². The van der Waals surface area contributed by atoms with E-state index in [9.17, 15) is 0 Å². The minimum absolute atomic E-state index is 0.520. The highest BCUT2D eigenvalue weighted by molar-refractivity contribution is 6.32. The molecule has 5 nitrogen and oxygen atoms in total. The number of nitrogens with zero attached hydrogens (tertiary/aromatic N) is 3. The molecule has 1 aliphatic rings. The minimum Gasteiger partial charge on any atom is -0.383 e. The Morgan fingerprint density at radius 1 is 1.22 bits per heavy atom. The van der Waals surface area contributed by atoms with Gasteiger partial charge in [0, 0.05) is 29.7 Å². The number of H-pyrrole nitrogens is 1. The number of halogens is 1. The predicted molar refractivity (Wildman–Crippen MR) is 114 cm³/mol. The summed E-state index contributed by atoms with van der Waals surface area (Å²) in [6.07, 6.45) is 7.58. The van der Waals surface area contributed by atoms with Crippen molar-refractivity contribution >= 4 is 40.2 Å². The fourth-order valence-corrected chi connectivity index (χ4v) is 3.51. The first-order chi connectivity index (χ1) is 13.1. The van der Waals surface area contributed by atoms with Gasteiger partial charge in [-0.1, -0.05) is 44.2 Å². The molecule has 2 aromatic heterocycles. The maximum Gasteiger partial charge on any atom is 0.142 e. The number of nitrogen functional groups attached to an aromatic ring is 1. The van der Waals surface area contributed by atoms with Crippen molar-refractivity contribution in [2.75, 3.05) is 12.3 Å². The molecule has 140 valence electrons. The van der Waals surface area contributed by atoms with E-state index in [1.807, 2.05) is 18.2 Å². The van der Waals surface area contributed by atoms with E-state index in [1.54, 1.807) is 6.20 Å². The molecule has 1 aromatic carbocycles. The molecule has 3 heterocycles. The number of aromatic amines is 1. The largest absolute Gasteiger partial charge is 0.383 e. The Hall–Kier alpha value is -2.79. The second-order valence-corrected chi connectivity index (χ2v) is 6.70. The molecular weight excluding hydrogens is 358 g/mol. The summed E-state index contributed by atoms with van der Waals surface area (Å²) in [5, 5.41) is 1.67. The number of nitrogens with two attached hydrogens (primary N) is 1. The van der Waals surface area contributed by atoms with Crippen molar-refractivity contribution in [2.45, 2.75) is 26.7 Å². The second kappa shape index (κ2) is 8.27. The summed E-state index contributed by atoms with van der Waals surface area (Å²) in [6.45, 7) is 9.58. The average Bonchev–Trinajstić information content (AvgIpc) is 3.14. The van der Waals surface area contributed by atoms with Crippen LogP contribution in [-0.4, -0.2) is 26.4 Å². The van der Waals surface area contributed by atoms with Crippen molar-refractivity contribution in [2.24, 2.45) is 0 Å². The molecule has 0 saturated heterocycles. The van der Waals surface area contributed by atoms with E-state index >= 15 is 0 Å². The zero-order valence-corrected chi connectivity index (χ0v) is 16.4. The Kier molecular flexibility index (Phi) is 5.81. The van der Waals surface area contributed by atoms with Crippen molar-refractivity contribution in [3.8, 4) is 0 Å². The summed E-state index contributed by atoms with van der Waals surface area (Å²) in [7, 11) is 0. The van der Waals surface area contributed by atoms with Crippen molar-refractivity contribution < 1.29 is 0 Å². The monoisotopic (exact) mass is 381 g/mol. The van der Waals surface area contributed by atoms with Crippen LogP contribution in [-0.2, 0) is 0 Å². The SMILES string of the molecule is C=C1c2c(Cl)cccc2C=C(CC)N1CCC.Nc1ncnc2[nH]ccc12. The smallest absolute Gasteiger partial charge is 0.142 e. The number of nitrogens with one attached hydrogen (secondary N) is 1. The standard InChI is InChI=1S/C15H18ClN.C6H6N4/c1-4-9-17-11(3)15-12(10-13(17)5-2)7-6-8-14(15)16;7-5-4-1-2-8-6(4)10-3-9-5/h6-8,10H,3-5,9H2,1-2H3;1-3H,(H3,7,8,9,10). The average molecular weight is 382 g/mol. The van der Waals surface area contributed by atoms with E-state index in [-0.39, 0.29) is 0 Å². The van der Waals surface area contributed by atoms with Crippen LogP contribution < -0.4 is 5.73 Å². The highest BCUT2D eigenvalue weighted by atomic mass is 35.5. The van der Waals surface area contributed by atoms with Crippen LogP contribution in [0.4, 0.5) is 5.82 Å². The van der Waals surface area contributed by atoms with E-state index in [0.717, 1.165) is 46.7 Å². The van der Waals surface area contributed by atoms with Gasteiger partial charge in [-0.2, -0.15) is 0 Å². The molecule has 0 radical (unpaired) electrons. The number of benzene rings is 1. The van der Waals surface area contributed by atoms with Crippen molar-refractivity contribution in [3.63, 3.8) is 0 Å². The molecule has 0 fully saturated rings. The Morgan fingerprint density at radius 3 is 2.74 bits per heavy atom. The molecule has 0 atom stereocenters.